The number of ether oxygens (including phenoxy) is 1. The third-order valence-electron chi connectivity index (χ3n) is 7.07. The highest BCUT2D eigenvalue weighted by atomic mass is 19.2. The molecule has 30 heavy (non-hydrogen) atoms. The summed E-state index contributed by atoms with van der Waals surface area (Å²) >= 11 is 0. The van der Waals surface area contributed by atoms with Gasteiger partial charge in [-0.3, -0.25) is 0 Å². The van der Waals surface area contributed by atoms with Gasteiger partial charge in [-0.15, -0.1) is 6.58 Å². The topological polar surface area (TPSA) is 9.23 Å². The highest BCUT2D eigenvalue weighted by Gasteiger charge is 2.23. The van der Waals surface area contributed by atoms with E-state index in [1.165, 1.54) is 19.3 Å². The van der Waals surface area contributed by atoms with Crippen LogP contribution in [0.1, 0.15) is 85.5 Å². The first kappa shape index (κ1) is 26.7. The lowest BCUT2D eigenvalue weighted by atomic mass is 9.82. The van der Waals surface area contributed by atoms with Crippen LogP contribution >= 0.6 is 0 Å². The Labute approximate surface area is 184 Å². The number of halogens is 2. The van der Waals surface area contributed by atoms with Crippen LogP contribution in [0.3, 0.4) is 0 Å². The normalized spacial score (nSPS) is 23.1. The molecule has 172 valence electrons. The van der Waals surface area contributed by atoms with Crippen LogP contribution in [0.2, 0.25) is 0 Å². The summed E-state index contributed by atoms with van der Waals surface area (Å²) in [6, 6.07) is 0. The minimum Gasteiger partial charge on any atom is -0.491 e. The molecule has 1 nitrogen and oxygen atoms in total. The van der Waals surface area contributed by atoms with Gasteiger partial charge in [0, 0.05) is 0 Å². The van der Waals surface area contributed by atoms with Crippen LogP contribution < -0.4 is 0 Å². The van der Waals surface area contributed by atoms with Crippen molar-refractivity contribution in [3.63, 3.8) is 0 Å². The molecule has 0 bridgehead atoms. The number of hydrogen-bond donors (Lipinski definition) is 0. The Bertz CT molecular complexity index is 584. The summed E-state index contributed by atoms with van der Waals surface area (Å²) in [5.74, 6) is -0.0828. The summed E-state index contributed by atoms with van der Waals surface area (Å²) in [4.78, 5) is 0. The molecule has 0 radical (unpaired) electrons. The summed E-state index contributed by atoms with van der Waals surface area (Å²) in [6.45, 7) is 20.3. The number of hydrogen-bond acceptors (Lipinski definition) is 1. The van der Waals surface area contributed by atoms with Gasteiger partial charge in [0.1, 0.15) is 0 Å². The standard InChI is InChI=1S/C27H44F2O/c1-8-10-11-19(3)20(4)12-13-21(5)22(6)26(28)27(29)23(7)30-18-25-16-14-24(9-2)15-17-25/h9,19-21,24-25H,2,6-8,10-18H2,1,3-5H3/b27-26-. The summed E-state index contributed by atoms with van der Waals surface area (Å²) in [6.07, 6.45) is 11.7. The van der Waals surface area contributed by atoms with Crippen LogP contribution in [-0.4, -0.2) is 6.61 Å². The molecule has 1 rings (SSSR count). The average molecular weight is 423 g/mol. The molecule has 3 unspecified atom stereocenters. The zero-order chi connectivity index (χ0) is 22.7. The van der Waals surface area contributed by atoms with Crippen molar-refractivity contribution in [2.75, 3.05) is 6.61 Å². The van der Waals surface area contributed by atoms with Crippen LogP contribution in [0.4, 0.5) is 8.78 Å². The van der Waals surface area contributed by atoms with Crippen molar-refractivity contribution in [2.24, 2.45) is 29.6 Å². The number of rotatable bonds is 14. The van der Waals surface area contributed by atoms with Crippen molar-refractivity contribution in [2.45, 2.75) is 85.5 Å². The first-order chi connectivity index (χ1) is 14.2. The molecule has 0 aromatic rings. The second-order valence-electron chi connectivity index (χ2n) is 9.48. The largest absolute Gasteiger partial charge is 0.491 e. The van der Waals surface area contributed by atoms with Crippen LogP contribution in [0, 0.1) is 29.6 Å². The zero-order valence-corrected chi connectivity index (χ0v) is 19.8. The Morgan fingerprint density at radius 3 is 2.13 bits per heavy atom. The quantitative estimate of drug-likeness (QED) is 0.154. The van der Waals surface area contributed by atoms with E-state index in [-0.39, 0.29) is 17.3 Å². The Hall–Kier alpha value is -1.38. The number of allylic oxidation sites excluding steroid dienone is 4. The predicted octanol–water partition coefficient (Wildman–Crippen LogP) is 9.09. The molecule has 1 aliphatic rings. The molecular formula is C27H44F2O. The molecule has 1 fully saturated rings. The molecule has 0 saturated heterocycles. The van der Waals surface area contributed by atoms with Gasteiger partial charge in [0.05, 0.1) is 6.61 Å². The molecule has 1 saturated carbocycles. The molecule has 0 N–H and O–H groups in total. The molecule has 0 aliphatic heterocycles. The van der Waals surface area contributed by atoms with Crippen LogP contribution in [-0.2, 0) is 4.74 Å². The third kappa shape index (κ3) is 8.78. The maximum Gasteiger partial charge on any atom is 0.200 e. The van der Waals surface area contributed by atoms with Gasteiger partial charge >= 0.3 is 0 Å². The van der Waals surface area contributed by atoms with Crippen molar-refractivity contribution in [1.82, 2.24) is 0 Å². The Balaban J connectivity index is 2.48. The van der Waals surface area contributed by atoms with Gasteiger partial charge in [-0.25, -0.2) is 4.39 Å². The molecule has 0 aromatic carbocycles. The lowest BCUT2D eigenvalue weighted by Gasteiger charge is -2.26. The van der Waals surface area contributed by atoms with Gasteiger partial charge < -0.3 is 4.74 Å². The Morgan fingerprint density at radius 1 is 0.967 bits per heavy atom. The molecule has 0 heterocycles. The van der Waals surface area contributed by atoms with E-state index in [0.717, 1.165) is 38.5 Å². The second-order valence-corrected chi connectivity index (χ2v) is 9.48. The first-order valence-corrected chi connectivity index (χ1v) is 11.9. The molecule has 3 atom stereocenters. The van der Waals surface area contributed by atoms with Crippen LogP contribution in [0.25, 0.3) is 0 Å². The first-order valence-electron chi connectivity index (χ1n) is 11.9. The molecular weight excluding hydrogens is 378 g/mol. The van der Waals surface area contributed by atoms with E-state index in [9.17, 15) is 8.78 Å². The van der Waals surface area contributed by atoms with Crippen LogP contribution in [0.5, 0.6) is 0 Å². The highest BCUT2D eigenvalue weighted by Crippen LogP contribution is 2.33. The molecule has 0 spiro atoms. The van der Waals surface area contributed by atoms with Crippen molar-refractivity contribution in [1.29, 1.82) is 0 Å². The van der Waals surface area contributed by atoms with Crippen molar-refractivity contribution in [3.8, 4) is 0 Å². The predicted molar refractivity (Wildman–Crippen MR) is 125 cm³/mol. The lowest BCUT2D eigenvalue weighted by molar-refractivity contribution is 0.133. The molecule has 0 amide bonds. The van der Waals surface area contributed by atoms with E-state index in [2.05, 4.69) is 40.5 Å². The molecule has 1 aliphatic carbocycles. The smallest absolute Gasteiger partial charge is 0.200 e. The lowest BCUT2D eigenvalue weighted by Crippen LogP contribution is -2.17. The SMILES string of the molecule is C=CC1CCC(COC(=C)/C(F)=C(/F)C(=C)C(C)CCC(C)C(C)CCCC)CC1. The fourth-order valence-corrected chi connectivity index (χ4v) is 4.13. The fourth-order valence-electron chi connectivity index (χ4n) is 4.13. The second kappa shape index (κ2) is 13.8. The van der Waals surface area contributed by atoms with E-state index < -0.39 is 11.7 Å². The van der Waals surface area contributed by atoms with Gasteiger partial charge in [-0.2, -0.15) is 4.39 Å². The van der Waals surface area contributed by atoms with E-state index in [4.69, 9.17) is 4.74 Å². The summed E-state index contributed by atoms with van der Waals surface area (Å²) < 4.78 is 34.7. The van der Waals surface area contributed by atoms with Gasteiger partial charge in [-0.1, -0.05) is 66.2 Å². The van der Waals surface area contributed by atoms with Gasteiger partial charge in [-0.05, 0) is 73.7 Å². The van der Waals surface area contributed by atoms with Crippen molar-refractivity contribution in [3.05, 3.63) is 48.8 Å². The molecule has 3 heteroatoms. The zero-order valence-electron chi connectivity index (χ0n) is 19.8. The monoisotopic (exact) mass is 422 g/mol. The average Bonchev–Trinajstić information content (AvgIpc) is 2.77. The van der Waals surface area contributed by atoms with E-state index in [1.807, 2.05) is 13.0 Å². The minimum absolute atomic E-state index is 0.112. The Morgan fingerprint density at radius 2 is 1.57 bits per heavy atom. The van der Waals surface area contributed by atoms with E-state index >= 15 is 0 Å². The Kier molecular flexibility index (Phi) is 12.3. The molecule has 0 aromatic heterocycles. The van der Waals surface area contributed by atoms with Gasteiger partial charge in [0.25, 0.3) is 0 Å². The third-order valence-corrected chi connectivity index (χ3v) is 7.07. The number of unbranched alkanes of at least 4 members (excludes halogenated alkanes) is 1. The van der Waals surface area contributed by atoms with Crippen LogP contribution in [0.15, 0.2) is 48.8 Å². The van der Waals surface area contributed by atoms with Crippen molar-refractivity contribution < 1.29 is 13.5 Å². The van der Waals surface area contributed by atoms with E-state index in [1.54, 1.807) is 0 Å². The maximum atomic E-state index is 14.7. The minimum atomic E-state index is -1.00. The van der Waals surface area contributed by atoms with Crippen molar-refractivity contribution >= 4 is 0 Å². The summed E-state index contributed by atoms with van der Waals surface area (Å²) in [5, 5.41) is 0. The fraction of sp³-hybridized carbons (Fsp3) is 0.704. The maximum absolute atomic E-state index is 14.7. The van der Waals surface area contributed by atoms with E-state index in [0.29, 0.717) is 30.3 Å². The highest BCUT2D eigenvalue weighted by molar-refractivity contribution is 5.33. The van der Waals surface area contributed by atoms with Gasteiger partial charge in [0.2, 0.25) is 0 Å². The summed E-state index contributed by atoms with van der Waals surface area (Å²) in [7, 11) is 0. The summed E-state index contributed by atoms with van der Waals surface area (Å²) in [5.41, 5.74) is 0.206. The van der Waals surface area contributed by atoms with Gasteiger partial charge in [0.15, 0.2) is 17.4 Å².